The molecule has 0 amide bonds. The number of halogens is 1. The van der Waals surface area contributed by atoms with Gasteiger partial charge in [-0.2, -0.15) is 0 Å². The summed E-state index contributed by atoms with van der Waals surface area (Å²) in [6.45, 7) is 1.79. The van der Waals surface area contributed by atoms with E-state index in [0.717, 1.165) is 23.1 Å². The van der Waals surface area contributed by atoms with E-state index in [0.29, 0.717) is 13.3 Å². The molecule has 0 aliphatic carbocycles. The van der Waals surface area contributed by atoms with Crippen LogP contribution in [-0.4, -0.2) is 31.8 Å². The molecule has 2 aliphatic rings. The van der Waals surface area contributed by atoms with Crippen LogP contribution in [0.15, 0.2) is 36.4 Å². The Morgan fingerprint density at radius 1 is 1.13 bits per heavy atom. The summed E-state index contributed by atoms with van der Waals surface area (Å²) in [4.78, 5) is 2.30. The fraction of sp³-hybridized carbons (Fsp3) is 0.333. The van der Waals surface area contributed by atoms with E-state index in [4.69, 9.17) is 26.8 Å². The van der Waals surface area contributed by atoms with Crippen LogP contribution in [0.1, 0.15) is 28.7 Å². The van der Waals surface area contributed by atoms with E-state index in [1.165, 1.54) is 16.7 Å². The van der Waals surface area contributed by atoms with Gasteiger partial charge in [-0.3, -0.25) is 4.90 Å². The lowest BCUT2D eigenvalue weighted by Crippen LogP contribution is -2.39. The lowest BCUT2D eigenvalue weighted by Gasteiger charge is -2.39. The van der Waals surface area contributed by atoms with E-state index >= 15 is 0 Å². The number of hydrogen-bond acceptors (Lipinski definition) is 4. The molecule has 2 aliphatic heterocycles. The standard InChI is InChI=1S/C18H19ClN2O2/c1-21-9-15(11-2-5-17-18(6-11)23-10-22-17)13-4-3-12(19)7-14(13)16(21)8-20/h2-7,15-16H,8-10,20H2,1H3. The van der Waals surface area contributed by atoms with Gasteiger partial charge in [-0.05, 0) is 48.0 Å². The summed E-state index contributed by atoms with van der Waals surface area (Å²) in [5, 5.41) is 0.752. The fourth-order valence-electron chi connectivity index (χ4n) is 3.62. The first-order chi connectivity index (χ1) is 11.2. The van der Waals surface area contributed by atoms with Gasteiger partial charge in [0.1, 0.15) is 0 Å². The summed E-state index contributed by atoms with van der Waals surface area (Å²) in [7, 11) is 2.11. The summed E-state index contributed by atoms with van der Waals surface area (Å²) in [5.74, 6) is 1.90. The number of nitrogens with zero attached hydrogens (tertiary/aromatic N) is 1. The molecule has 2 atom stereocenters. The molecular weight excluding hydrogens is 312 g/mol. The second-order valence-electron chi connectivity index (χ2n) is 6.13. The highest BCUT2D eigenvalue weighted by atomic mass is 35.5. The van der Waals surface area contributed by atoms with Crippen LogP contribution in [0.3, 0.4) is 0 Å². The summed E-state index contributed by atoms with van der Waals surface area (Å²) in [5.41, 5.74) is 9.73. The molecule has 4 rings (SSSR count). The number of benzene rings is 2. The molecule has 0 radical (unpaired) electrons. The van der Waals surface area contributed by atoms with Crippen LogP contribution in [0, 0.1) is 0 Å². The molecule has 2 N–H and O–H groups in total. The minimum absolute atomic E-state index is 0.203. The van der Waals surface area contributed by atoms with Crippen molar-refractivity contribution in [2.24, 2.45) is 5.73 Å². The highest BCUT2D eigenvalue weighted by molar-refractivity contribution is 6.30. The summed E-state index contributed by atoms with van der Waals surface area (Å²) in [6, 6.07) is 12.5. The molecule has 0 spiro atoms. The van der Waals surface area contributed by atoms with Gasteiger partial charge in [0, 0.05) is 30.1 Å². The second-order valence-corrected chi connectivity index (χ2v) is 6.57. The van der Waals surface area contributed by atoms with E-state index in [1.54, 1.807) is 0 Å². The zero-order valence-corrected chi connectivity index (χ0v) is 13.7. The maximum atomic E-state index is 6.22. The fourth-order valence-corrected chi connectivity index (χ4v) is 3.80. The van der Waals surface area contributed by atoms with Crippen molar-refractivity contribution in [1.29, 1.82) is 0 Å². The van der Waals surface area contributed by atoms with Gasteiger partial charge in [0.05, 0.1) is 0 Å². The third kappa shape index (κ3) is 2.47. The number of ether oxygens (including phenoxy) is 2. The van der Waals surface area contributed by atoms with Gasteiger partial charge in [0.25, 0.3) is 0 Å². The Bertz CT molecular complexity index is 750. The van der Waals surface area contributed by atoms with Crippen molar-refractivity contribution in [1.82, 2.24) is 4.90 Å². The quantitative estimate of drug-likeness (QED) is 0.919. The van der Waals surface area contributed by atoms with Gasteiger partial charge in [-0.1, -0.05) is 23.7 Å². The lowest BCUT2D eigenvalue weighted by molar-refractivity contribution is 0.174. The van der Waals surface area contributed by atoms with Crippen molar-refractivity contribution < 1.29 is 9.47 Å². The van der Waals surface area contributed by atoms with Crippen LogP contribution in [0.4, 0.5) is 0 Å². The number of nitrogens with two attached hydrogens (primary N) is 1. The Kier molecular flexibility index (Phi) is 3.68. The highest BCUT2D eigenvalue weighted by Gasteiger charge is 2.32. The predicted molar refractivity (Wildman–Crippen MR) is 90.3 cm³/mol. The summed E-state index contributed by atoms with van der Waals surface area (Å²) < 4.78 is 10.9. The zero-order chi connectivity index (χ0) is 16.0. The third-order valence-electron chi connectivity index (χ3n) is 4.81. The number of rotatable bonds is 2. The predicted octanol–water partition coefficient (Wildman–Crippen LogP) is 3.15. The van der Waals surface area contributed by atoms with Crippen LogP contribution in [0.25, 0.3) is 0 Å². The topological polar surface area (TPSA) is 47.7 Å². The smallest absolute Gasteiger partial charge is 0.231 e. The van der Waals surface area contributed by atoms with E-state index in [1.807, 2.05) is 18.2 Å². The average molecular weight is 331 g/mol. The van der Waals surface area contributed by atoms with Gasteiger partial charge in [0.15, 0.2) is 11.5 Å². The number of fused-ring (bicyclic) bond motifs is 2. The second kappa shape index (κ2) is 5.71. The third-order valence-corrected chi connectivity index (χ3v) is 5.04. The Labute approximate surface area is 140 Å². The van der Waals surface area contributed by atoms with E-state index in [-0.39, 0.29) is 12.0 Å². The monoisotopic (exact) mass is 330 g/mol. The molecule has 0 aromatic heterocycles. The largest absolute Gasteiger partial charge is 0.454 e. The van der Waals surface area contributed by atoms with Crippen molar-refractivity contribution in [2.75, 3.05) is 26.9 Å². The van der Waals surface area contributed by atoms with Gasteiger partial charge < -0.3 is 15.2 Å². The maximum absolute atomic E-state index is 6.22. The Balaban J connectivity index is 1.80. The van der Waals surface area contributed by atoms with Crippen LogP contribution in [-0.2, 0) is 0 Å². The van der Waals surface area contributed by atoms with Crippen LogP contribution in [0.5, 0.6) is 11.5 Å². The van der Waals surface area contributed by atoms with Gasteiger partial charge in [0.2, 0.25) is 6.79 Å². The highest BCUT2D eigenvalue weighted by Crippen LogP contribution is 2.42. The van der Waals surface area contributed by atoms with Crippen molar-refractivity contribution >= 4 is 11.6 Å². The molecule has 0 saturated heterocycles. The lowest BCUT2D eigenvalue weighted by atomic mass is 9.81. The van der Waals surface area contributed by atoms with Crippen LogP contribution < -0.4 is 15.2 Å². The molecule has 2 unspecified atom stereocenters. The normalized spacial score (nSPS) is 22.9. The van der Waals surface area contributed by atoms with Crippen LogP contribution >= 0.6 is 11.6 Å². The zero-order valence-electron chi connectivity index (χ0n) is 13.0. The SMILES string of the molecule is CN1CC(c2ccc3c(c2)OCO3)c2ccc(Cl)cc2C1CN. The number of hydrogen-bond donors (Lipinski definition) is 1. The molecule has 4 nitrogen and oxygen atoms in total. The van der Waals surface area contributed by atoms with Crippen molar-refractivity contribution in [2.45, 2.75) is 12.0 Å². The van der Waals surface area contributed by atoms with Crippen LogP contribution in [0.2, 0.25) is 5.02 Å². The molecule has 2 aromatic carbocycles. The molecule has 5 heteroatoms. The van der Waals surface area contributed by atoms with Gasteiger partial charge in [-0.25, -0.2) is 0 Å². The first kappa shape index (κ1) is 14.8. The van der Waals surface area contributed by atoms with Crippen molar-refractivity contribution in [3.05, 3.63) is 58.1 Å². The first-order valence-electron chi connectivity index (χ1n) is 7.76. The van der Waals surface area contributed by atoms with Gasteiger partial charge in [-0.15, -0.1) is 0 Å². The first-order valence-corrected chi connectivity index (χ1v) is 8.14. The van der Waals surface area contributed by atoms with E-state index in [9.17, 15) is 0 Å². The molecule has 23 heavy (non-hydrogen) atoms. The Morgan fingerprint density at radius 2 is 1.96 bits per heavy atom. The average Bonchev–Trinajstić information content (AvgIpc) is 3.01. The Morgan fingerprint density at radius 3 is 2.78 bits per heavy atom. The van der Waals surface area contributed by atoms with E-state index in [2.05, 4.69) is 30.1 Å². The molecule has 0 bridgehead atoms. The minimum Gasteiger partial charge on any atom is -0.454 e. The van der Waals surface area contributed by atoms with Crippen molar-refractivity contribution in [3.8, 4) is 11.5 Å². The minimum atomic E-state index is 0.203. The van der Waals surface area contributed by atoms with Gasteiger partial charge >= 0.3 is 0 Å². The van der Waals surface area contributed by atoms with Crippen molar-refractivity contribution in [3.63, 3.8) is 0 Å². The maximum Gasteiger partial charge on any atom is 0.231 e. The summed E-state index contributed by atoms with van der Waals surface area (Å²) in [6.07, 6.45) is 0. The Hall–Kier alpha value is -1.75. The molecular formula is C18H19ClN2O2. The molecule has 0 saturated carbocycles. The molecule has 120 valence electrons. The number of likely N-dealkylation sites (N-methyl/N-ethyl adjacent to an activating group) is 1. The molecule has 2 aromatic rings. The van der Waals surface area contributed by atoms with E-state index < -0.39 is 0 Å². The molecule has 0 fully saturated rings. The summed E-state index contributed by atoms with van der Waals surface area (Å²) >= 11 is 6.22. The molecule has 2 heterocycles.